The minimum absolute atomic E-state index is 0. The maximum atomic E-state index is 12.6. The van der Waals surface area contributed by atoms with Crippen molar-refractivity contribution in [1.82, 2.24) is 0 Å². The van der Waals surface area contributed by atoms with E-state index in [1.54, 1.807) is 12.1 Å². The number of hydrogen-bond acceptors (Lipinski definition) is 4. The molecule has 0 spiro atoms. The van der Waals surface area contributed by atoms with Gasteiger partial charge >= 0.3 is 0 Å². The highest BCUT2D eigenvalue weighted by molar-refractivity contribution is 6.06. The summed E-state index contributed by atoms with van der Waals surface area (Å²) in [4.78, 5) is 12.6. The highest BCUT2D eigenvalue weighted by Crippen LogP contribution is 2.22. The molecule has 2 aromatic carbocycles. The fourth-order valence-corrected chi connectivity index (χ4v) is 2.49. The van der Waals surface area contributed by atoms with Gasteiger partial charge in [-0.25, -0.2) is 0 Å². The number of nitrogens with two attached hydrogens (primary N) is 1. The second kappa shape index (κ2) is 10.8. The summed E-state index contributed by atoms with van der Waals surface area (Å²) in [5.74, 6) is -0.165. The highest BCUT2D eigenvalue weighted by atomic mass is 35.5. The van der Waals surface area contributed by atoms with Crippen molar-refractivity contribution in [3.05, 3.63) is 58.7 Å². The van der Waals surface area contributed by atoms with Gasteiger partial charge in [0.25, 0.3) is 5.91 Å². The van der Waals surface area contributed by atoms with Crippen molar-refractivity contribution < 1.29 is 14.3 Å². The van der Waals surface area contributed by atoms with Crippen molar-refractivity contribution in [2.45, 2.75) is 27.4 Å². The number of carbonyl (C=O) groups excluding carboxylic acids is 1. The lowest BCUT2D eigenvalue weighted by atomic mass is 10.0. The van der Waals surface area contributed by atoms with E-state index >= 15 is 0 Å². The molecule has 2 rings (SSSR count). The average Bonchev–Trinajstić information content (AvgIpc) is 2.59. The number of nitrogen functional groups attached to an aromatic ring is 1. The number of hydrogen-bond donors (Lipinski definition) is 2. The summed E-state index contributed by atoms with van der Waals surface area (Å²) in [6.07, 6.45) is 0. The zero-order valence-electron chi connectivity index (χ0n) is 15.5. The van der Waals surface area contributed by atoms with Crippen LogP contribution < -0.4 is 11.1 Å². The molecule has 2 aromatic rings. The van der Waals surface area contributed by atoms with Crippen LogP contribution in [0.5, 0.6) is 0 Å². The van der Waals surface area contributed by atoms with E-state index in [2.05, 4.69) is 5.32 Å². The van der Waals surface area contributed by atoms with E-state index in [0.717, 1.165) is 22.4 Å². The highest BCUT2D eigenvalue weighted by Gasteiger charge is 2.12. The standard InChI is InChI=1S/C20H26N2O3.ClH/c1-4-24-10-11-25-13-16-6-5-7-19(15(16)3)22-20(23)18-12-17(21)9-8-14(18)2;/h5-9,12H,4,10-11,13,21H2,1-3H3,(H,22,23);1H. The van der Waals surface area contributed by atoms with E-state index in [9.17, 15) is 4.79 Å². The Bertz CT molecular complexity index is 735. The number of benzene rings is 2. The molecule has 0 bridgehead atoms. The summed E-state index contributed by atoms with van der Waals surface area (Å²) in [6, 6.07) is 11.1. The van der Waals surface area contributed by atoms with Gasteiger partial charge in [0.2, 0.25) is 0 Å². The van der Waals surface area contributed by atoms with Crippen molar-refractivity contribution in [1.29, 1.82) is 0 Å². The van der Waals surface area contributed by atoms with Crippen LogP contribution in [0.2, 0.25) is 0 Å². The molecule has 26 heavy (non-hydrogen) atoms. The lowest BCUT2D eigenvalue weighted by Crippen LogP contribution is -2.15. The smallest absolute Gasteiger partial charge is 0.256 e. The molecule has 0 aromatic heterocycles. The quantitative estimate of drug-likeness (QED) is 0.535. The predicted octanol–water partition coefficient (Wildman–Crippen LogP) is 4.11. The van der Waals surface area contributed by atoms with Crippen molar-refractivity contribution >= 4 is 29.7 Å². The lowest BCUT2D eigenvalue weighted by molar-refractivity contribution is 0.0451. The number of anilines is 2. The number of ether oxygens (including phenoxy) is 2. The zero-order valence-corrected chi connectivity index (χ0v) is 16.3. The van der Waals surface area contributed by atoms with Gasteiger partial charge in [0.05, 0.1) is 19.8 Å². The SMILES string of the molecule is CCOCCOCc1cccc(NC(=O)c2cc(N)ccc2C)c1C.Cl. The Morgan fingerprint density at radius 1 is 1.12 bits per heavy atom. The molecule has 6 heteroatoms. The molecule has 0 atom stereocenters. The third kappa shape index (κ3) is 6.02. The van der Waals surface area contributed by atoms with Gasteiger partial charge in [0, 0.05) is 23.5 Å². The van der Waals surface area contributed by atoms with Gasteiger partial charge in [0.1, 0.15) is 0 Å². The molecule has 142 valence electrons. The van der Waals surface area contributed by atoms with Gasteiger partial charge in [-0.15, -0.1) is 12.4 Å². The molecular formula is C20H27ClN2O3. The molecule has 0 unspecified atom stereocenters. The molecule has 0 aliphatic carbocycles. The van der Waals surface area contributed by atoms with Crippen molar-refractivity contribution in [2.24, 2.45) is 0 Å². The van der Waals surface area contributed by atoms with E-state index in [-0.39, 0.29) is 18.3 Å². The topological polar surface area (TPSA) is 73.6 Å². The molecular weight excluding hydrogens is 352 g/mol. The lowest BCUT2D eigenvalue weighted by Gasteiger charge is -2.14. The fourth-order valence-electron chi connectivity index (χ4n) is 2.49. The Balaban J connectivity index is 0.00000338. The number of rotatable bonds is 8. The maximum Gasteiger partial charge on any atom is 0.256 e. The monoisotopic (exact) mass is 378 g/mol. The Morgan fingerprint density at radius 3 is 2.58 bits per heavy atom. The molecule has 0 heterocycles. The Hall–Kier alpha value is -2.08. The minimum Gasteiger partial charge on any atom is -0.399 e. The third-order valence-corrected chi connectivity index (χ3v) is 4.03. The van der Waals surface area contributed by atoms with E-state index in [1.807, 2.05) is 45.0 Å². The summed E-state index contributed by atoms with van der Waals surface area (Å²) in [5, 5.41) is 2.97. The summed E-state index contributed by atoms with van der Waals surface area (Å²) in [5.41, 5.74) is 10.6. The summed E-state index contributed by atoms with van der Waals surface area (Å²) < 4.78 is 10.9. The number of halogens is 1. The van der Waals surface area contributed by atoms with Crippen LogP contribution in [0.15, 0.2) is 36.4 Å². The van der Waals surface area contributed by atoms with Crippen LogP contribution in [0.25, 0.3) is 0 Å². The van der Waals surface area contributed by atoms with Crippen molar-refractivity contribution in [2.75, 3.05) is 30.9 Å². The number of amides is 1. The summed E-state index contributed by atoms with van der Waals surface area (Å²) >= 11 is 0. The Labute approximate surface area is 161 Å². The first kappa shape index (κ1) is 22.0. The Morgan fingerprint density at radius 2 is 1.85 bits per heavy atom. The van der Waals surface area contributed by atoms with Gasteiger partial charge in [-0.2, -0.15) is 0 Å². The van der Waals surface area contributed by atoms with Crippen LogP contribution in [-0.2, 0) is 16.1 Å². The number of aryl methyl sites for hydroxylation is 1. The van der Waals surface area contributed by atoms with Crippen molar-refractivity contribution in [3.63, 3.8) is 0 Å². The van der Waals surface area contributed by atoms with Gasteiger partial charge in [-0.3, -0.25) is 4.79 Å². The van der Waals surface area contributed by atoms with E-state index in [1.165, 1.54) is 0 Å². The van der Waals surface area contributed by atoms with Crippen LogP contribution in [0.4, 0.5) is 11.4 Å². The zero-order chi connectivity index (χ0) is 18.2. The third-order valence-electron chi connectivity index (χ3n) is 4.03. The van der Waals surface area contributed by atoms with Gasteiger partial charge in [-0.05, 0) is 55.7 Å². The number of carbonyl (C=O) groups is 1. The Kier molecular flexibility index (Phi) is 9.13. The molecule has 3 N–H and O–H groups in total. The van der Waals surface area contributed by atoms with E-state index < -0.39 is 0 Å². The normalized spacial score (nSPS) is 10.3. The first-order chi connectivity index (χ1) is 12.0. The van der Waals surface area contributed by atoms with Gasteiger partial charge < -0.3 is 20.5 Å². The molecule has 0 radical (unpaired) electrons. The molecule has 1 amide bonds. The first-order valence-electron chi connectivity index (χ1n) is 8.44. The second-order valence-electron chi connectivity index (χ2n) is 5.87. The molecule has 0 aliphatic heterocycles. The molecule has 0 saturated carbocycles. The predicted molar refractivity (Wildman–Crippen MR) is 108 cm³/mol. The second-order valence-corrected chi connectivity index (χ2v) is 5.87. The van der Waals surface area contributed by atoms with E-state index in [0.29, 0.717) is 37.7 Å². The van der Waals surface area contributed by atoms with Crippen LogP contribution in [-0.4, -0.2) is 25.7 Å². The first-order valence-corrected chi connectivity index (χ1v) is 8.44. The van der Waals surface area contributed by atoms with E-state index in [4.69, 9.17) is 15.2 Å². The summed E-state index contributed by atoms with van der Waals surface area (Å²) in [6.45, 7) is 8.13. The number of nitrogens with one attached hydrogen (secondary N) is 1. The van der Waals surface area contributed by atoms with Crippen LogP contribution in [0.3, 0.4) is 0 Å². The fraction of sp³-hybridized carbons (Fsp3) is 0.350. The maximum absolute atomic E-state index is 12.6. The van der Waals surface area contributed by atoms with Crippen LogP contribution in [0.1, 0.15) is 34.0 Å². The van der Waals surface area contributed by atoms with Crippen LogP contribution in [0, 0.1) is 13.8 Å². The molecule has 0 saturated heterocycles. The minimum atomic E-state index is -0.165. The van der Waals surface area contributed by atoms with Crippen LogP contribution >= 0.6 is 12.4 Å². The summed E-state index contributed by atoms with van der Waals surface area (Å²) in [7, 11) is 0. The molecule has 0 aliphatic rings. The molecule has 0 fully saturated rings. The largest absolute Gasteiger partial charge is 0.399 e. The van der Waals surface area contributed by atoms with Gasteiger partial charge in [0.15, 0.2) is 0 Å². The average molecular weight is 379 g/mol. The van der Waals surface area contributed by atoms with Gasteiger partial charge in [-0.1, -0.05) is 18.2 Å². The molecule has 5 nitrogen and oxygen atoms in total. The van der Waals surface area contributed by atoms with Crippen molar-refractivity contribution in [3.8, 4) is 0 Å².